The van der Waals surface area contributed by atoms with Crippen molar-refractivity contribution in [3.8, 4) is 0 Å². The summed E-state index contributed by atoms with van der Waals surface area (Å²) in [5.74, 6) is 2.53. The van der Waals surface area contributed by atoms with Crippen LogP contribution in [-0.4, -0.2) is 18.1 Å². The molecule has 1 atom stereocenters. The van der Waals surface area contributed by atoms with Gasteiger partial charge in [0.15, 0.2) is 0 Å². The summed E-state index contributed by atoms with van der Waals surface area (Å²) in [6.07, 6.45) is 0. The Morgan fingerprint density at radius 3 is 2.17 bits per heavy atom. The van der Waals surface area contributed by atoms with Gasteiger partial charge >= 0.3 is 0 Å². The van der Waals surface area contributed by atoms with Crippen molar-refractivity contribution in [2.24, 2.45) is 11.8 Å². The molecule has 0 spiro atoms. The molecule has 1 rings (SSSR count). The third-order valence-electron chi connectivity index (χ3n) is 3.00. The molecule has 0 aromatic carbocycles. The number of rotatable bonds is 6. The van der Waals surface area contributed by atoms with Gasteiger partial charge in [-0.25, -0.2) is 4.98 Å². The maximum absolute atomic E-state index is 6.13. The van der Waals surface area contributed by atoms with E-state index in [1.807, 2.05) is 6.92 Å². The Morgan fingerprint density at radius 1 is 1.11 bits per heavy atom. The lowest BCUT2D eigenvalue weighted by Crippen LogP contribution is -2.17. The Hall–Kier alpha value is -0.670. The molecule has 0 radical (unpaired) electrons. The molecule has 1 aromatic rings. The zero-order chi connectivity index (χ0) is 13.7. The van der Waals surface area contributed by atoms with E-state index in [9.17, 15) is 0 Å². The van der Waals surface area contributed by atoms with Crippen LogP contribution >= 0.6 is 23.2 Å². The molecule has 0 saturated carbocycles. The molecule has 0 aliphatic heterocycles. The van der Waals surface area contributed by atoms with Crippen LogP contribution in [0.5, 0.6) is 0 Å². The topological polar surface area (TPSA) is 37.0 Å². The van der Waals surface area contributed by atoms with E-state index in [0.29, 0.717) is 33.5 Å². The first kappa shape index (κ1) is 15.4. The van der Waals surface area contributed by atoms with E-state index in [1.165, 1.54) is 0 Å². The first-order chi connectivity index (χ1) is 8.45. The summed E-state index contributed by atoms with van der Waals surface area (Å²) in [5.41, 5.74) is 0. The van der Waals surface area contributed by atoms with Gasteiger partial charge in [-0.2, -0.15) is 0 Å². The zero-order valence-electron chi connectivity index (χ0n) is 11.3. The molecular weight excluding hydrogens is 269 g/mol. The van der Waals surface area contributed by atoms with Crippen LogP contribution in [0.15, 0.2) is 6.07 Å². The fourth-order valence-electron chi connectivity index (χ4n) is 1.38. The van der Waals surface area contributed by atoms with Crippen LogP contribution in [-0.2, 0) is 0 Å². The minimum Gasteiger partial charge on any atom is -0.369 e. The summed E-state index contributed by atoms with van der Waals surface area (Å²) >= 11 is 12.2. The number of hydrogen-bond acceptors (Lipinski definition) is 3. The predicted molar refractivity (Wildman–Crippen MR) is 80.9 cm³/mol. The molecule has 0 aliphatic rings. The lowest BCUT2D eigenvalue weighted by Gasteiger charge is -2.18. The summed E-state index contributed by atoms with van der Waals surface area (Å²) in [7, 11) is 0. The molecule has 5 heteroatoms. The van der Waals surface area contributed by atoms with Crippen LogP contribution in [0.1, 0.15) is 27.7 Å². The van der Waals surface area contributed by atoms with Crippen LogP contribution in [0.4, 0.5) is 11.6 Å². The Kier molecular flexibility index (Phi) is 6.03. The lowest BCUT2D eigenvalue weighted by atomic mass is 9.98. The SMILES string of the molecule is CCNc1nc(NCC(C)C(C)C)c(Cl)cc1Cl. The van der Waals surface area contributed by atoms with E-state index in [-0.39, 0.29) is 0 Å². The highest BCUT2D eigenvalue weighted by Gasteiger charge is 2.11. The molecule has 0 amide bonds. The Labute approximate surface area is 119 Å². The number of hydrogen-bond donors (Lipinski definition) is 2. The van der Waals surface area contributed by atoms with Crippen molar-refractivity contribution in [3.63, 3.8) is 0 Å². The first-order valence-electron chi connectivity index (χ1n) is 6.29. The van der Waals surface area contributed by atoms with E-state index in [4.69, 9.17) is 23.2 Å². The molecule has 102 valence electrons. The van der Waals surface area contributed by atoms with Gasteiger partial charge < -0.3 is 10.6 Å². The molecule has 0 bridgehead atoms. The van der Waals surface area contributed by atoms with Crippen molar-refractivity contribution in [3.05, 3.63) is 16.1 Å². The first-order valence-corrected chi connectivity index (χ1v) is 7.05. The smallest absolute Gasteiger partial charge is 0.147 e. The second-order valence-electron chi connectivity index (χ2n) is 4.78. The highest BCUT2D eigenvalue weighted by atomic mass is 35.5. The molecule has 2 N–H and O–H groups in total. The Bertz CT molecular complexity index is 394. The van der Waals surface area contributed by atoms with Gasteiger partial charge in [0.2, 0.25) is 0 Å². The van der Waals surface area contributed by atoms with Gasteiger partial charge in [-0.05, 0) is 24.8 Å². The van der Waals surface area contributed by atoms with Crippen molar-refractivity contribution in [1.29, 1.82) is 0 Å². The molecule has 1 heterocycles. The zero-order valence-corrected chi connectivity index (χ0v) is 12.9. The van der Waals surface area contributed by atoms with Crippen LogP contribution < -0.4 is 10.6 Å². The van der Waals surface area contributed by atoms with E-state index in [0.717, 1.165) is 13.1 Å². The quantitative estimate of drug-likeness (QED) is 0.808. The minimum absolute atomic E-state index is 0.546. The molecule has 0 fully saturated rings. The Balaban J connectivity index is 2.78. The average molecular weight is 290 g/mol. The standard InChI is InChI=1S/C13H21Cl2N3/c1-5-16-12-10(14)6-11(15)13(18-12)17-7-9(4)8(2)3/h6,8-9H,5,7H2,1-4H3,(H2,16,17,18). The van der Waals surface area contributed by atoms with Crippen molar-refractivity contribution in [2.75, 3.05) is 23.7 Å². The molecule has 0 saturated heterocycles. The van der Waals surface area contributed by atoms with Gasteiger partial charge in [-0.15, -0.1) is 0 Å². The molecule has 18 heavy (non-hydrogen) atoms. The van der Waals surface area contributed by atoms with Crippen molar-refractivity contribution in [2.45, 2.75) is 27.7 Å². The second kappa shape index (κ2) is 7.05. The van der Waals surface area contributed by atoms with E-state index in [2.05, 4.69) is 36.4 Å². The van der Waals surface area contributed by atoms with Gasteiger partial charge in [0.25, 0.3) is 0 Å². The normalized spacial score (nSPS) is 12.6. The van der Waals surface area contributed by atoms with Gasteiger partial charge in [0.05, 0.1) is 10.0 Å². The second-order valence-corrected chi connectivity index (χ2v) is 5.60. The monoisotopic (exact) mass is 289 g/mol. The third kappa shape index (κ3) is 4.21. The van der Waals surface area contributed by atoms with Gasteiger partial charge in [-0.1, -0.05) is 44.0 Å². The fraction of sp³-hybridized carbons (Fsp3) is 0.615. The van der Waals surface area contributed by atoms with Crippen LogP contribution in [0.2, 0.25) is 10.0 Å². The lowest BCUT2D eigenvalue weighted by molar-refractivity contribution is 0.439. The van der Waals surface area contributed by atoms with E-state index in [1.54, 1.807) is 6.07 Å². The maximum atomic E-state index is 6.13. The molecule has 1 unspecified atom stereocenters. The summed E-state index contributed by atoms with van der Waals surface area (Å²) in [6.45, 7) is 10.2. The summed E-state index contributed by atoms with van der Waals surface area (Å²) < 4.78 is 0. The number of nitrogens with zero attached hydrogens (tertiary/aromatic N) is 1. The molecule has 0 aliphatic carbocycles. The number of anilines is 2. The van der Waals surface area contributed by atoms with Crippen molar-refractivity contribution < 1.29 is 0 Å². The number of aromatic nitrogens is 1. The number of nitrogens with one attached hydrogen (secondary N) is 2. The van der Waals surface area contributed by atoms with Crippen LogP contribution in [0.3, 0.4) is 0 Å². The van der Waals surface area contributed by atoms with Gasteiger partial charge in [0.1, 0.15) is 11.6 Å². The Morgan fingerprint density at radius 2 is 1.67 bits per heavy atom. The van der Waals surface area contributed by atoms with E-state index < -0.39 is 0 Å². The minimum atomic E-state index is 0.546. The summed E-state index contributed by atoms with van der Waals surface area (Å²) in [5, 5.41) is 7.49. The average Bonchev–Trinajstić information content (AvgIpc) is 2.30. The predicted octanol–water partition coefficient (Wildman–Crippen LogP) is 4.52. The van der Waals surface area contributed by atoms with E-state index >= 15 is 0 Å². The number of halogens is 2. The van der Waals surface area contributed by atoms with Crippen molar-refractivity contribution >= 4 is 34.8 Å². The van der Waals surface area contributed by atoms with Gasteiger partial charge in [-0.3, -0.25) is 0 Å². The van der Waals surface area contributed by atoms with Gasteiger partial charge in [0, 0.05) is 13.1 Å². The largest absolute Gasteiger partial charge is 0.369 e. The molecular formula is C13H21Cl2N3. The highest BCUT2D eigenvalue weighted by Crippen LogP contribution is 2.29. The van der Waals surface area contributed by atoms with Crippen LogP contribution in [0, 0.1) is 11.8 Å². The summed E-state index contributed by atoms with van der Waals surface area (Å²) in [6, 6.07) is 1.72. The van der Waals surface area contributed by atoms with Crippen LogP contribution in [0.25, 0.3) is 0 Å². The molecule has 1 aromatic heterocycles. The number of pyridine rings is 1. The summed E-state index contributed by atoms with van der Waals surface area (Å²) in [4.78, 5) is 4.41. The van der Waals surface area contributed by atoms with Crippen molar-refractivity contribution in [1.82, 2.24) is 4.98 Å². The fourth-order valence-corrected chi connectivity index (χ4v) is 1.87. The molecule has 3 nitrogen and oxygen atoms in total. The highest BCUT2D eigenvalue weighted by molar-refractivity contribution is 6.37. The maximum Gasteiger partial charge on any atom is 0.147 e. The third-order valence-corrected chi connectivity index (χ3v) is 3.58.